The van der Waals surface area contributed by atoms with Crippen LogP contribution in [0, 0.1) is 17.3 Å². The fourth-order valence-corrected chi connectivity index (χ4v) is 4.70. The number of rotatable bonds is 0. The Labute approximate surface area is 124 Å². The van der Waals surface area contributed by atoms with E-state index in [0.29, 0.717) is 17.6 Å². The average molecular weight is 290 g/mol. The standard InChI is InChI=1S/C17H22O4/c1-8-7-10(18)13-11(14(8)19)15(20)12-9(16(13,2)3)5-6-17(12,4)21/h7,9,12,15,20-21H,5-6H2,1-4H3/t9-,12-,15+,17?/m1/s1. The summed E-state index contributed by atoms with van der Waals surface area (Å²) in [5.41, 5.74) is -0.482. The lowest BCUT2D eigenvalue weighted by molar-refractivity contribution is -0.122. The largest absolute Gasteiger partial charge is 0.390 e. The maximum absolute atomic E-state index is 12.5. The summed E-state index contributed by atoms with van der Waals surface area (Å²) < 4.78 is 0. The fourth-order valence-electron chi connectivity index (χ4n) is 4.70. The topological polar surface area (TPSA) is 74.6 Å². The molecule has 0 spiro atoms. The van der Waals surface area contributed by atoms with E-state index in [1.165, 1.54) is 6.08 Å². The number of hydrogen-bond acceptors (Lipinski definition) is 4. The highest BCUT2D eigenvalue weighted by molar-refractivity contribution is 6.23. The summed E-state index contributed by atoms with van der Waals surface area (Å²) in [7, 11) is 0. The van der Waals surface area contributed by atoms with Crippen LogP contribution in [0.4, 0.5) is 0 Å². The predicted molar refractivity (Wildman–Crippen MR) is 77.4 cm³/mol. The molecule has 3 rings (SSSR count). The summed E-state index contributed by atoms with van der Waals surface area (Å²) in [5, 5.41) is 21.3. The Balaban J connectivity index is 2.23. The van der Waals surface area contributed by atoms with Crippen molar-refractivity contribution in [3.05, 3.63) is 22.8 Å². The zero-order valence-corrected chi connectivity index (χ0v) is 12.9. The Morgan fingerprint density at radius 1 is 1.24 bits per heavy atom. The van der Waals surface area contributed by atoms with Crippen LogP contribution < -0.4 is 0 Å². The number of ketones is 2. The van der Waals surface area contributed by atoms with E-state index in [1.54, 1.807) is 13.8 Å². The van der Waals surface area contributed by atoms with Crippen molar-refractivity contribution in [1.29, 1.82) is 0 Å². The molecule has 21 heavy (non-hydrogen) atoms. The molecule has 0 aliphatic heterocycles. The van der Waals surface area contributed by atoms with Crippen LogP contribution in [-0.4, -0.2) is 33.5 Å². The van der Waals surface area contributed by atoms with Crippen molar-refractivity contribution >= 4 is 11.6 Å². The van der Waals surface area contributed by atoms with Gasteiger partial charge in [-0.2, -0.15) is 0 Å². The molecule has 0 heterocycles. The first-order chi connectivity index (χ1) is 9.59. The van der Waals surface area contributed by atoms with Gasteiger partial charge in [0, 0.05) is 22.6 Å². The van der Waals surface area contributed by atoms with Crippen molar-refractivity contribution in [2.75, 3.05) is 0 Å². The molecular weight excluding hydrogens is 268 g/mol. The summed E-state index contributed by atoms with van der Waals surface area (Å²) >= 11 is 0. The molecule has 1 saturated carbocycles. The SMILES string of the molecule is CC1=CC(=O)C2=C(C1=O)[C@H](O)[C@H]1[C@@H](CCC1(C)O)C2(C)C. The normalized spacial score (nSPS) is 41.8. The van der Waals surface area contributed by atoms with Crippen molar-refractivity contribution in [2.24, 2.45) is 17.3 Å². The number of aliphatic hydroxyl groups excluding tert-OH is 1. The Bertz CT molecular complexity index is 606. The van der Waals surface area contributed by atoms with E-state index in [9.17, 15) is 19.8 Å². The van der Waals surface area contributed by atoms with Crippen molar-refractivity contribution in [3.63, 3.8) is 0 Å². The molecule has 0 amide bonds. The summed E-state index contributed by atoms with van der Waals surface area (Å²) in [6.07, 6.45) is 1.65. The summed E-state index contributed by atoms with van der Waals surface area (Å²) in [4.78, 5) is 24.9. The molecule has 4 nitrogen and oxygen atoms in total. The zero-order valence-electron chi connectivity index (χ0n) is 12.9. The number of carbonyl (C=O) groups excluding carboxylic acids is 2. The molecule has 2 N–H and O–H groups in total. The quantitative estimate of drug-likeness (QED) is 0.664. The molecule has 0 aromatic rings. The highest BCUT2D eigenvalue weighted by atomic mass is 16.3. The molecule has 4 heteroatoms. The smallest absolute Gasteiger partial charge is 0.187 e. The Morgan fingerprint density at radius 3 is 2.48 bits per heavy atom. The van der Waals surface area contributed by atoms with E-state index in [0.717, 1.165) is 6.42 Å². The van der Waals surface area contributed by atoms with Gasteiger partial charge >= 0.3 is 0 Å². The minimum Gasteiger partial charge on any atom is -0.390 e. The molecule has 0 aromatic carbocycles. The van der Waals surface area contributed by atoms with Gasteiger partial charge in [0.15, 0.2) is 11.6 Å². The van der Waals surface area contributed by atoms with Gasteiger partial charge in [-0.05, 0) is 44.1 Å². The van der Waals surface area contributed by atoms with Gasteiger partial charge in [-0.15, -0.1) is 0 Å². The highest BCUT2D eigenvalue weighted by Gasteiger charge is 2.60. The van der Waals surface area contributed by atoms with Gasteiger partial charge in [0.05, 0.1) is 11.7 Å². The molecule has 3 aliphatic rings. The van der Waals surface area contributed by atoms with Crippen LogP contribution in [0.1, 0.15) is 40.5 Å². The van der Waals surface area contributed by atoms with Gasteiger partial charge in [0.25, 0.3) is 0 Å². The van der Waals surface area contributed by atoms with Crippen molar-refractivity contribution in [2.45, 2.75) is 52.2 Å². The second-order valence-corrected chi connectivity index (χ2v) is 7.50. The van der Waals surface area contributed by atoms with E-state index in [2.05, 4.69) is 0 Å². The highest BCUT2D eigenvalue weighted by Crippen LogP contribution is 2.58. The number of allylic oxidation sites excluding steroid dienone is 3. The van der Waals surface area contributed by atoms with E-state index >= 15 is 0 Å². The minimum atomic E-state index is -1.06. The van der Waals surface area contributed by atoms with Gasteiger partial charge in [0.2, 0.25) is 0 Å². The van der Waals surface area contributed by atoms with Crippen molar-refractivity contribution in [1.82, 2.24) is 0 Å². The maximum atomic E-state index is 12.5. The van der Waals surface area contributed by atoms with Crippen LogP contribution >= 0.6 is 0 Å². The zero-order chi connectivity index (χ0) is 15.7. The lowest BCUT2D eigenvalue weighted by atomic mass is 9.56. The van der Waals surface area contributed by atoms with E-state index in [1.807, 2.05) is 13.8 Å². The van der Waals surface area contributed by atoms with Crippen LogP contribution in [0.25, 0.3) is 0 Å². The minimum absolute atomic E-state index is 0.00445. The van der Waals surface area contributed by atoms with Gasteiger partial charge in [-0.3, -0.25) is 9.59 Å². The number of carbonyl (C=O) groups is 2. The molecule has 3 aliphatic carbocycles. The molecule has 0 aromatic heterocycles. The van der Waals surface area contributed by atoms with Crippen molar-refractivity contribution in [3.8, 4) is 0 Å². The van der Waals surface area contributed by atoms with Crippen LogP contribution in [0.3, 0.4) is 0 Å². The summed E-state index contributed by atoms with van der Waals surface area (Å²) in [6.45, 7) is 7.23. The van der Waals surface area contributed by atoms with Crippen LogP contribution in [0.15, 0.2) is 22.8 Å². The third-order valence-corrected chi connectivity index (χ3v) is 5.79. The molecule has 0 saturated heterocycles. The van der Waals surface area contributed by atoms with Crippen LogP contribution in [-0.2, 0) is 9.59 Å². The third kappa shape index (κ3) is 1.75. The Hall–Kier alpha value is -1.26. The van der Waals surface area contributed by atoms with Gasteiger partial charge in [-0.1, -0.05) is 13.8 Å². The summed E-state index contributed by atoms with van der Waals surface area (Å²) in [6, 6.07) is 0. The number of fused-ring (bicyclic) bond motifs is 1. The first-order valence-electron chi connectivity index (χ1n) is 7.51. The lowest BCUT2D eigenvalue weighted by Crippen LogP contribution is -2.52. The van der Waals surface area contributed by atoms with E-state index in [-0.39, 0.29) is 23.1 Å². The van der Waals surface area contributed by atoms with Crippen molar-refractivity contribution < 1.29 is 19.8 Å². The Kier molecular flexibility index (Phi) is 2.89. The van der Waals surface area contributed by atoms with Gasteiger partial charge < -0.3 is 10.2 Å². The molecule has 1 fully saturated rings. The second-order valence-electron chi connectivity index (χ2n) is 7.50. The van der Waals surface area contributed by atoms with E-state index < -0.39 is 23.0 Å². The van der Waals surface area contributed by atoms with Gasteiger partial charge in [-0.25, -0.2) is 0 Å². The third-order valence-electron chi connectivity index (χ3n) is 5.79. The Morgan fingerprint density at radius 2 is 1.86 bits per heavy atom. The molecule has 0 radical (unpaired) electrons. The maximum Gasteiger partial charge on any atom is 0.187 e. The summed E-state index contributed by atoms with van der Waals surface area (Å²) in [5.74, 6) is -0.818. The molecule has 0 bridgehead atoms. The second kappa shape index (κ2) is 4.14. The molecule has 114 valence electrons. The first kappa shape index (κ1) is 14.7. The van der Waals surface area contributed by atoms with E-state index in [4.69, 9.17) is 0 Å². The van der Waals surface area contributed by atoms with Gasteiger partial charge in [0.1, 0.15) is 0 Å². The fraction of sp³-hybridized carbons (Fsp3) is 0.647. The molecule has 4 atom stereocenters. The lowest BCUT2D eigenvalue weighted by Gasteiger charge is -2.48. The van der Waals surface area contributed by atoms with Crippen LogP contribution in [0.5, 0.6) is 0 Å². The molecular formula is C17H22O4. The monoisotopic (exact) mass is 290 g/mol. The van der Waals surface area contributed by atoms with Crippen LogP contribution in [0.2, 0.25) is 0 Å². The predicted octanol–water partition coefficient (Wildman–Crippen LogP) is 1.56. The number of aliphatic hydroxyl groups is 2. The average Bonchev–Trinajstić information content (AvgIpc) is 2.68. The molecule has 1 unspecified atom stereocenters. The first-order valence-corrected chi connectivity index (χ1v) is 7.51. The number of hydrogen-bond donors (Lipinski definition) is 2. The number of Topliss-reactive ketones (excluding diaryl/α,β-unsaturated/α-hetero) is 1.